The molecule has 0 saturated heterocycles. The summed E-state index contributed by atoms with van der Waals surface area (Å²) in [6.07, 6.45) is 0. The molecule has 6 heteroatoms. The molecule has 0 saturated carbocycles. The molecule has 0 unspecified atom stereocenters. The largest absolute Gasteiger partial charge is 0.449 e. The van der Waals surface area contributed by atoms with Gasteiger partial charge < -0.3 is 10.1 Å². The van der Waals surface area contributed by atoms with E-state index < -0.39 is 4.92 Å². The van der Waals surface area contributed by atoms with Crippen LogP contribution in [-0.4, -0.2) is 11.0 Å². The van der Waals surface area contributed by atoms with Gasteiger partial charge in [-0.05, 0) is 54.0 Å². The van der Waals surface area contributed by atoms with Gasteiger partial charge in [-0.15, -0.1) is 0 Å². The molecule has 0 amide bonds. The van der Waals surface area contributed by atoms with Crippen LogP contribution in [0.3, 0.4) is 0 Å². The van der Waals surface area contributed by atoms with Crippen LogP contribution >= 0.6 is 15.9 Å². The highest BCUT2D eigenvalue weighted by molar-refractivity contribution is 9.10. The summed E-state index contributed by atoms with van der Waals surface area (Å²) in [6.45, 7) is 3.84. The molecule has 0 aromatic heterocycles. The smallest absolute Gasteiger partial charge is 0.335 e. The molecule has 0 aliphatic heterocycles. The van der Waals surface area contributed by atoms with Crippen molar-refractivity contribution in [1.29, 1.82) is 0 Å². The summed E-state index contributed by atoms with van der Waals surface area (Å²) in [4.78, 5) is 11.0. The summed E-state index contributed by atoms with van der Waals surface area (Å²) < 4.78 is 6.23. The lowest BCUT2D eigenvalue weighted by Crippen LogP contribution is -2.11. The monoisotopic (exact) mass is 350 g/mol. The highest BCUT2D eigenvalue weighted by atomic mass is 79.9. The number of nitrogens with zero attached hydrogens (tertiary/aromatic N) is 1. The number of ether oxygens (including phenoxy) is 1. The van der Waals surface area contributed by atoms with E-state index in [1.807, 2.05) is 32.0 Å². The van der Waals surface area contributed by atoms with Gasteiger partial charge in [-0.2, -0.15) is 0 Å². The molecular weight excluding hydrogens is 336 g/mol. The van der Waals surface area contributed by atoms with Gasteiger partial charge in [0.2, 0.25) is 5.75 Å². The summed E-state index contributed by atoms with van der Waals surface area (Å²) in [5.74, 6) is 0.736. The van der Waals surface area contributed by atoms with Crippen LogP contribution in [0.4, 0.5) is 11.4 Å². The van der Waals surface area contributed by atoms with Gasteiger partial charge >= 0.3 is 5.69 Å². The van der Waals surface area contributed by atoms with Gasteiger partial charge in [-0.3, -0.25) is 10.1 Å². The molecule has 0 atom stereocenters. The third-order valence-electron chi connectivity index (χ3n) is 2.67. The van der Waals surface area contributed by atoms with E-state index in [1.165, 1.54) is 0 Å². The van der Waals surface area contributed by atoms with Crippen molar-refractivity contribution in [1.82, 2.24) is 0 Å². The van der Waals surface area contributed by atoms with E-state index in [0.29, 0.717) is 15.9 Å². The maximum Gasteiger partial charge on any atom is 0.335 e. The SMILES string of the molecule is CC(C)Nc1ccc(Br)c(Oc2ccccc2)c1[N+](=O)[O-]. The number of anilines is 1. The molecule has 0 aliphatic rings. The fourth-order valence-electron chi connectivity index (χ4n) is 1.86. The number of nitro groups is 1. The predicted octanol–water partition coefficient (Wildman–Crippen LogP) is 4.97. The Hall–Kier alpha value is -2.08. The van der Waals surface area contributed by atoms with E-state index in [4.69, 9.17) is 4.74 Å². The Morgan fingerprint density at radius 3 is 2.43 bits per heavy atom. The van der Waals surface area contributed by atoms with Gasteiger partial charge in [0.15, 0.2) is 0 Å². The minimum atomic E-state index is -0.437. The van der Waals surface area contributed by atoms with E-state index in [2.05, 4.69) is 21.2 Å². The molecule has 2 aromatic rings. The van der Waals surface area contributed by atoms with E-state index >= 15 is 0 Å². The van der Waals surface area contributed by atoms with Crippen LogP contribution in [0.15, 0.2) is 46.9 Å². The quantitative estimate of drug-likeness (QED) is 0.610. The summed E-state index contributed by atoms with van der Waals surface area (Å²) in [5.41, 5.74) is 0.353. The molecule has 0 fully saturated rings. The van der Waals surface area contributed by atoms with Crippen LogP contribution in [-0.2, 0) is 0 Å². The maximum absolute atomic E-state index is 11.4. The predicted molar refractivity (Wildman–Crippen MR) is 86.1 cm³/mol. The Morgan fingerprint density at radius 1 is 1.19 bits per heavy atom. The van der Waals surface area contributed by atoms with Crippen LogP contribution in [0.2, 0.25) is 0 Å². The van der Waals surface area contributed by atoms with E-state index in [-0.39, 0.29) is 17.5 Å². The maximum atomic E-state index is 11.4. The van der Waals surface area contributed by atoms with E-state index in [0.717, 1.165) is 0 Å². The van der Waals surface area contributed by atoms with Crippen LogP contribution < -0.4 is 10.1 Å². The highest BCUT2D eigenvalue weighted by Gasteiger charge is 2.25. The van der Waals surface area contributed by atoms with Crippen molar-refractivity contribution in [2.24, 2.45) is 0 Å². The second kappa shape index (κ2) is 6.58. The van der Waals surface area contributed by atoms with Gasteiger partial charge in [-0.1, -0.05) is 18.2 Å². The normalized spacial score (nSPS) is 10.5. The van der Waals surface area contributed by atoms with E-state index in [9.17, 15) is 10.1 Å². The lowest BCUT2D eigenvalue weighted by atomic mass is 10.2. The molecule has 0 spiro atoms. The molecule has 0 bridgehead atoms. The van der Waals surface area contributed by atoms with Gasteiger partial charge in [0.25, 0.3) is 0 Å². The first kappa shape index (κ1) is 15.3. The molecule has 0 heterocycles. The summed E-state index contributed by atoms with van der Waals surface area (Å²) in [5, 5.41) is 14.5. The number of hydrogen-bond donors (Lipinski definition) is 1. The van der Waals surface area contributed by atoms with E-state index in [1.54, 1.807) is 24.3 Å². The highest BCUT2D eigenvalue weighted by Crippen LogP contribution is 2.43. The Balaban J connectivity index is 2.50. The van der Waals surface area contributed by atoms with Crippen LogP contribution in [0, 0.1) is 10.1 Å². The van der Waals surface area contributed by atoms with Crippen molar-refractivity contribution in [3.8, 4) is 11.5 Å². The second-order valence-corrected chi connectivity index (χ2v) is 5.60. The average Bonchev–Trinajstić information content (AvgIpc) is 2.42. The Bertz CT molecular complexity index is 645. The first-order valence-corrected chi connectivity index (χ1v) is 7.24. The Kier molecular flexibility index (Phi) is 4.80. The standard InChI is InChI=1S/C15H15BrN2O3/c1-10(2)17-13-9-8-12(16)15(14(13)18(19)20)21-11-6-4-3-5-7-11/h3-10,17H,1-2H3. The van der Waals surface area contributed by atoms with Crippen LogP contribution in [0.25, 0.3) is 0 Å². The summed E-state index contributed by atoms with van der Waals surface area (Å²) in [6, 6.07) is 12.5. The van der Waals surface area contributed by atoms with Crippen molar-refractivity contribution in [2.45, 2.75) is 19.9 Å². The van der Waals surface area contributed by atoms with Gasteiger partial charge in [0.1, 0.15) is 11.4 Å². The number of rotatable bonds is 5. The molecule has 2 aromatic carbocycles. The van der Waals surface area contributed by atoms with Gasteiger partial charge in [0.05, 0.1) is 9.40 Å². The molecule has 110 valence electrons. The lowest BCUT2D eigenvalue weighted by molar-refractivity contribution is -0.384. The average molecular weight is 351 g/mol. The molecular formula is C15H15BrN2O3. The third kappa shape index (κ3) is 3.72. The Labute approximate surface area is 131 Å². The number of benzene rings is 2. The second-order valence-electron chi connectivity index (χ2n) is 4.74. The van der Waals surface area contributed by atoms with Crippen molar-refractivity contribution >= 4 is 27.3 Å². The topological polar surface area (TPSA) is 64.4 Å². The first-order valence-electron chi connectivity index (χ1n) is 6.45. The number of nitro benzene ring substituents is 1. The molecule has 0 radical (unpaired) electrons. The first-order chi connectivity index (χ1) is 9.99. The third-order valence-corrected chi connectivity index (χ3v) is 3.30. The fourth-order valence-corrected chi connectivity index (χ4v) is 2.26. The fraction of sp³-hybridized carbons (Fsp3) is 0.200. The molecule has 0 aliphatic carbocycles. The van der Waals surface area contributed by atoms with Crippen LogP contribution in [0.1, 0.15) is 13.8 Å². The molecule has 2 rings (SSSR count). The number of nitrogens with one attached hydrogen (secondary N) is 1. The van der Waals surface area contributed by atoms with Crippen LogP contribution in [0.5, 0.6) is 11.5 Å². The van der Waals surface area contributed by atoms with Gasteiger partial charge in [0, 0.05) is 6.04 Å². The van der Waals surface area contributed by atoms with Crippen molar-refractivity contribution in [3.05, 3.63) is 57.1 Å². The van der Waals surface area contributed by atoms with Gasteiger partial charge in [-0.25, -0.2) is 0 Å². The minimum Gasteiger partial charge on any atom is -0.449 e. The number of para-hydroxylation sites is 1. The molecule has 21 heavy (non-hydrogen) atoms. The lowest BCUT2D eigenvalue weighted by Gasteiger charge is -2.14. The molecule has 5 nitrogen and oxygen atoms in total. The Morgan fingerprint density at radius 2 is 1.86 bits per heavy atom. The summed E-state index contributed by atoms with van der Waals surface area (Å²) >= 11 is 3.32. The minimum absolute atomic E-state index is 0.0782. The van der Waals surface area contributed by atoms with Crippen molar-refractivity contribution < 1.29 is 9.66 Å². The zero-order valence-corrected chi connectivity index (χ0v) is 13.3. The molecule has 1 N–H and O–H groups in total. The summed E-state index contributed by atoms with van der Waals surface area (Å²) in [7, 11) is 0. The zero-order chi connectivity index (χ0) is 15.4. The van der Waals surface area contributed by atoms with Crippen molar-refractivity contribution in [2.75, 3.05) is 5.32 Å². The van der Waals surface area contributed by atoms with Crippen molar-refractivity contribution in [3.63, 3.8) is 0 Å². The number of halogens is 1. The number of hydrogen-bond acceptors (Lipinski definition) is 4. The zero-order valence-electron chi connectivity index (χ0n) is 11.7.